The quantitative estimate of drug-likeness (QED) is 0.658. The second kappa shape index (κ2) is 8.95. The number of likely N-dealkylation sites (N-methyl/N-ethyl adjacent to an activating group) is 1. The Morgan fingerprint density at radius 3 is 2.47 bits per heavy atom. The smallest absolute Gasteiger partial charge is 0.269 e. The summed E-state index contributed by atoms with van der Waals surface area (Å²) in [7, 11) is 1.43. The fourth-order valence-electron chi connectivity index (χ4n) is 2.84. The third-order valence-corrected chi connectivity index (χ3v) is 5.16. The number of amides is 3. The van der Waals surface area contributed by atoms with Gasteiger partial charge in [0.25, 0.3) is 11.8 Å². The van der Waals surface area contributed by atoms with Crippen LogP contribution in [-0.2, 0) is 9.59 Å². The van der Waals surface area contributed by atoms with Crippen LogP contribution in [0.25, 0.3) is 0 Å². The van der Waals surface area contributed by atoms with Gasteiger partial charge in [0.15, 0.2) is 5.11 Å². The Morgan fingerprint density at radius 1 is 1.17 bits per heavy atom. The number of thiocarbonyl (C=S) groups is 1. The zero-order chi connectivity index (χ0) is 22.0. The van der Waals surface area contributed by atoms with Gasteiger partial charge in [0, 0.05) is 28.3 Å². The first-order valence-corrected chi connectivity index (χ1v) is 9.75. The van der Waals surface area contributed by atoms with Crippen molar-refractivity contribution in [3.05, 3.63) is 63.9 Å². The minimum atomic E-state index is -1.07. The summed E-state index contributed by atoms with van der Waals surface area (Å²) < 4.78 is 13.4. The molecule has 1 atom stereocenters. The van der Waals surface area contributed by atoms with E-state index in [1.807, 2.05) is 0 Å². The molecule has 0 radical (unpaired) electrons. The molecule has 1 saturated heterocycles. The Hall–Kier alpha value is -2.75. The number of halogens is 3. The lowest BCUT2D eigenvalue weighted by Crippen LogP contribution is -2.49. The Labute approximate surface area is 186 Å². The van der Waals surface area contributed by atoms with Gasteiger partial charge < -0.3 is 5.32 Å². The summed E-state index contributed by atoms with van der Waals surface area (Å²) in [5, 5.41) is 4.40. The highest BCUT2D eigenvalue weighted by atomic mass is 35.5. The predicted molar refractivity (Wildman–Crippen MR) is 115 cm³/mol. The summed E-state index contributed by atoms with van der Waals surface area (Å²) in [6, 6.07) is 8.47. The molecule has 11 heteroatoms. The lowest BCUT2D eigenvalue weighted by Gasteiger charge is -2.24. The minimum Gasteiger partial charge on any atom is -0.326 e. The summed E-state index contributed by atoms with van der Waals surface area (Å²) in [6.07, 6.45) is -0.309. The number of hydrazine groups is 1. The lowest BCUT2D eigenvalue weighted by atomic mass is 10.2. The van der Waals surface area contributed by atoms with E-state index in [0.717, 1.165) is 16.0 Å². The van der Waals surface area contributed by atoms with Crippen molar-refractivity contribution in [3.8, 4) is 0 Å². The largest absolute Gasteiger partial charge is 0.326 e. The van der Waals surface area contributed by atoms with Crippen molar-refractivity contribution in [3.63, 3.8) is 0 Å². The SMILES string of the molecule is CN1C(=O)[C@@H](CC(=O)Nc2cc(Cl)cc(Cl)c2)N(NC(=O)c2cccc(F)c2)C1=S. The molecule has 2 N–H and O–H groups in total. The molecule has 0 spiro atoms. The first kappa shape index (κ1) is 21.9. The summed E-state index contributed by atoms with van der Waals surface area (Å²) in [5.74, 6) is -2.25. The molecule has 3 amide bonds. The molecular formula is C19H15Cl2FN4O3S. The number of anilines is 1. The van der Waals surface area contributed by atoms with Gasteiger partial charge in [0.05, 0.1) is 6.42 Å². The number of benzene rings is 2. The molecule has 7 nitrogen and oxygen atoms in total. The molecule has 0 saturated carbocycles. The van der Waals surface area contributed by atoms with Crippen LogP contribution in [0.15, 0.2) is 42.5 Å². The van der Waals surface area contributed by atoms with E-state index in [9.17, 15) is 18.8 Å². The van der Waals surface area contributed by atoms with Crippen molar-refractivity contribution in [2.24, 2.45) is 0 Å². The van der Waals surface area contributed by atoms with E-state index in [1.54, 1.807) is 0 Å². The lowest BCUT2D eigenvalue weighted by molar-refractivity contribution is -0.130. The van der Waals surface area contributed by atoms with Crippen LogP contribution in [0.5, 0.6) is 0 Å². The summed E-state index contributed by atoms with van der Waals surface area (Å²) in [5.41, 5.74) is 2.87. The molecule has 1 heterocycles. The van der Waals surface area contributed by atoms with E-state index in [1.165, 1.54) is 43.4 Å². The molecule has 0 unspecified atom stereocenters. The molecule has 1 aliphatic heterocycles. The Bertz CT molecular complexity index is 1030. The zero-order valence-corrected chi connectivity index (χ0v) is 17.8. The molecule has 30 heavy (non-hydrogen) atoms. The highest BCUT2D eigenvalue weighted by molar-refractivity contribution is 7.80. The maximum atomic E-state index is 13.4. The van der Waals surface area contributed by atoms with Gasteiger partial charge >= 0.3 is 0 Å². The maximum Gasteiger partial charge on any atom is 0.269 e. The number of hydrogen-bond acceptors (Lipinski definition) is 4. The fourth-order valence-corrected chi connectivity index (χ4v) is 3.63. The van der Waals surface area contributed by atoms with Crippen molar-refractivity contribution in [1.82, 2.24) is 15.3 Å². The van der Waals surface area contributed by atoms with E-state index in [-0.39, 0.29) is 17.1 Å². The molecule has 1 fully saturated rings. The fraction of sp³-hybridized carbons (Fsp3) is 0.158. The number of hydrogen-bond donors (Lipinski definition) is 2. The third kappa shape index (κ3) is 4.86. The van der Waals surface area contributed by atoms with E-state index >= 15 is 0 Å². The van der Waals surface area contributed by atoms with Crippen molar-refractivity contribution in [2.45, 2.75) is 12.5 Å². The van der Waals surface area contributed by atoms with Crippen molar-refractivity contribution < 1.29 is 18.8 Å². The van der Waals surface area contributed by atoms with Crippen molar-refractivity contribution >= 4 is 63.9 Å². The summed E-state index contributed by atoms with van der Waals surface area (Å²) in [4.78, 5) is 38.7. The van der Waals surface area contributed by atoms with Crippen LogP contribution in [0.4, 0.5) is 10.1 Å². The first-order chi connectivity index (χ1) is 14.2. The van der Waals surface area contributed by atoms with Crippen molar-refractivity contribution in [1.29, 1.82) is 0 Å². The van der Waals surface area contributed by atoms with Crippen LogP contribution < -0.4 is 10.7 Å². The highest BCUT2D eigenvalue weighted by Gasteiger charge is 2.42. The molecule has 0 aromatic heterocycles. The molecule has 3 rings (SSSR count). The Morgan fingerprint density at radius 2 is 1.83 bits per heavy atom. The van der Waals surface area contributed by atoms with Crippen LogP contribution in [0.2, 0.25) is 10.0 Å². The number of nitrogens with one attached hydrogen (secondary N) is 2. The average molecular weight is 469 g/mol. The number of carbonyl (C=O) groups is 3. The standard InChI is InChI=1S/C19H15Cl2FN4O3S/c1-25-18(29)15(9-16(27)23-14-7-11(20)6-12(21)8-14)26(19(25)30)24-17(28)10-3-2-4-13(22)5-10/h2-8,15H,9H2,1H3,(H,23,27)(H,24,28)/t15-/m1/s1. The van der Waals surface area contributed by atoms with Crippen LogP contribution in [0.3, 0.4) is 0 Å². The summed E-state index contributed by atoms with van der Waals surface area (Å²) >= 11 is 17.0. The van der Waals surface area contributed by atoms with Gasteiger partial charge in [-0.1, -0.05) is 29.3 Å². The Kier molecular flexibility index (Phi) is 6.55. The third-order valence-electron chi connectivity index (χ3n) is 4.25. The molecule has 2 aromatic rings. The maximum absolute atomic E-state index is 13.4. The Balaban J connectivity index is 1.75. The van der Waals surface area contributed by atoms with Gasteiger partial charge in [-0.25, -0.2) is 9.40 Å². The monoisotopic (exact) mass is 468 g/mol. The van der Waals surface area contributed by atoms with E-state index in [0.29, 0.717) is 15.7 Å². The normalized spacial score (nSPS) is 16.1. The molecule has 1 aliphatic rings. The topological polar surface area (TPSA) is 81.8 Å². The van der Waals surface area contributed by atoms with Gasteiger partial charge in [-0.05, 0) is 48.6 Å². The van der Waals surface area contributed by atoms with Gasteiger partial charge in [-0.15, -0.1) is 0 Å². The average Bonchev–Trinajstić information content (AvgIpc) is 2.85. The predicted octanol–water partition coefficient (Wildman–Crippen LogP) is 3.23. The number of carbonyl (C=O) groups excluding carboxylic acids is 3. The zero-order valence-electron chi connectivity index (χ0n) is 15.5. The van der Waals surface area contributed by atoms with Crippen LogP contribution in [0, 0.1) is 5.82 Å². The van der Waals surface area contributed by atoms with Crippen molar-refractivity contribution in [2.75, 3.05) is 12.4 Å². The van der Waals surface area contributed by atoms with Gasteiger partial charge in [-0.2, -0.15) is 0 Å². The molecular weight excluding hydrogens is 454 g/mol. The molecule has 156 valence electrons. The molecule has 0 aliphatic carbocycles. The van der Waals surface area contributed by atoms with Gasteiger partial charge in [0.2, 0.25) is 5.91 Å². The van der Waals surface area contributed by atoms with Gasteiger partial charge in [0.1, 0.15) is 11.9 Å². The first-order valence-electron chi connectivity index (χ1n) is 8.59. The van der Waals surface area contributed by atoms with Crippen LogP contribution in [-0.4, -0.2) is 45.8 Å². The number of nitrogens with zero attached hydrogens (tertiary/aromatic N) is 2. The molecule has 2 aromatic carbocycles. The van der Waals surface area contributed by atoms with E-state index in [2.05, 4.69) is 10.7 Å². The summed E-state index contributed by atoms with van der Waals surface area (Å²) in [6.45, 7) is 0. The van der Waals surface area contributed by atoms with E-state index < -0.39 is 29.6 Å². The second-order valence-corrected chi connectivity index (χ2v) is 7.67. The number of rotatable bonds is 5. The minimum absolute atomic E-state index is 0.00773. The van der Waals surface area contributed by atoms with Crippen LogP contribution >= 0.6 is 35.4 Å². The van der Waals surface area contributed by atoms with E-state index in [4.69, 9.17) is 35.4 Å². The van der Waals surface area contributed by atoms with Crippen LogP contribution in [0.1, 0.15) is 16.8 Å². The molecule has 0 bridgehead atoms. The second-order valence-electron chi connectivity index (χ2n) is 6.43. The van der Waals surface area contributed by atoms with Gasteiger partial charge in [-0.3, -0.25) is 24.7 Å². The highest BCUT2D eigenvalue weighted by Crippen LogP contribution is 2.23.